The Labute approximate surface area is 164 Å². The minimum absolute atomic E-state index is 0. The molecular formula is C19H22ClN5O2. The van der Waals surface area contributed by atoms with Crippen LogP contribution in [0.1, 0.15) is 17.4 Å². The fourth-order valence-electron chi connectivity index (χ4n) is 2.92. The predicted molar refractivity (Wildman–Crippen MR) is 104 cm³/mol. The maximum Gasteiger partial charge on any atom is 0.257 e. The molecule has 1 atom stereocenters. The number of pyridine rings is 1. The van der Waals surface area contributed by atoms with Crippen molar-refractivity contribution in [3.63, 3.8) is 0 Å². The Morgan fingerprint density at radius 3 is 2.70 bits per heavy atom. The van der Waals surface area contributed by atoms with E-state index in [0.29, 0.717) is 18.3 Å². The molecule has 142 valence electrons. The predicted octanol–water partition coefficient (Wildman–Crippen LogP) is 2.71. The second-order valence-electron chi connectivity index (χ2n) is 6.33. The summed E-state index contributed by atoms with van der Waals surface area (Å²) in [5.74, 6) is 2.04. The highest BCUT2D eigenvalue weighted by Gasteiger charge is 2.25. The number of nitrogens with one attached hydrogen (secondary N) is 1. The van der Waals surface area contributed by atoms with Gasteiger partial charge < -0.3 is 14.6 Å². The molecule has 1 unspecified atom stereocenters. The van der Waals surface area contributed by atoms with Crippen molar-refractivity contribution in [2.24, 2.45) is 0 Å². The Morgan fingerprint density at radius 1 is 1.19 bits per heavy atom. The van der Waals surface area contributed by atoms with Crippen molar-refractivity contribution in [3.05, 3.63) is 60.2 Å². The summed E-state index contributed by atoms with van der Waals surface area (Å²) in [6, 6.07) is 11.7. The highest BCUT2D eigenvalue weighted by Crippen LogP contribution is 2.24. The van der Waals surface area contributed by atoms with Gasteiger partial charge in [-0.15, -0.1) is 12.4 Å². The molecule has 3 aromatic rings. The summed E-state index contributed by atoms with van der Waals surface area (Å²) in [6.45, 7) is 3.29. The molecule has 3 heterocycles. The molecule has 1 saturated heterocycles. The van der Waals surface area contributed by atoms with Crippen LogP contribution in [-0.4, -0.2) is 46.7 Å². The monoisotopic (exact) mass is 387 g/mol. The first-order valence-electron chi connectivity index (χ1n) is 8.66. The Kier molecular flexibility index (Phi) is 6.39. The van der Waals surface area contributed by atoms with E-state index in [1.165, 1.54) is 0 Å². The number of ether oxygens (including phenoxy) is 1. The average molecular weight is 388 g/mol. The van der Waals surface area contributed by atoms with Crippen molar-refractivity contribution in [1.29, 1.82) is 0 Å². The van der Waals surface area contributed by atoms with Gasteiger partial charge in [-0.2, -0.15) is 4.98 Å². The minimum Gasteiger partial charge on any atom is -0.489 e. The Balaban J connectivity index is 0.00000210. The van der Waals surface area contributed by atoms with E-state index in [1.54, 1.807) is 12.4 Å². The van der Waals surface area contributed by atoms with Gasteiger partial charge in [-0.3, -0.25) is 9.88 Å². The molecule has 0 saturated carbocycles. The van der Waals surface area contributed by atoms with Crippen molar-refractivity contribution in [3.8, 4) is 17.2 Å². The quantitative estimate of drug-likeness (QED) is 0.721. The molecule has 1 N–H and O–H groups in total. The molecule has 1 aromatic carbocycles. The Bertz CT molecular complexity index is 841. The second kappa shape index (κ2) is 8.94. The van der Waals surface area contributed by atoms with Crippen LogP contribution in [0.2, 0.25) is 0 Å². The van der Waals surface area contributed by atoms with E-state index in [1.807, 2.05) is 36.4 Å². The van der Waals surface area contributed by atoms with E-state index in [2.05, 4.69) is 32.4 Å². The molecule has 8 heteroatoms. The molecule has 1 fully saturated rings. The third-order valence-corrected chi connectivity index (χ3v) is 4.51. The van der Waals surface area contributed by atoms with Crippen molar-refractivity contribution >= 4 is 12.4 Å². The molecule has 1 aliphatic heterocycles. The number of aromatic nitrogens is 3. The minimum atomic E-state index is 0. The molecule has 1 aliphatic rings. The van der Waals surface area contributed by atoms with E-state index >= 15 is 0 Å². The number of rotatable bonds is 5. The highest BCUT2D eigenvalue weighted by molar-refractivity contribution is 5.85. The lowest BCUT2D eigenvalue weighted by Crippen LogP contribution is -2.44. The third-order valence-electron chi connectivity index (χ3n) is 4.51. The fraction of sp³-hybridized carbons (Fsp3) is 0.316. The zero-order chi connectivity index (χ0) is 17.8. The number of benzene rings is 1. The molecular weight excluding hydrogens is 366 g/mol. The zero-order valence-electron chi connectivity index (χ0n) is 15.0. The van der Waals surface area contributed by atoms with Crippen LogP contribution in [0.4, 0.5) is 0 Å². The lowest BCUT2D eigenvalue weighted by molar-refractivity contribution is 0.190. The van der Waals surface area contributed by atoms with E-state index in [-0.39, 0.29) is 18.4 Å². The molecule has 7 nitrogen and oxygen atoms in total. The number of likely N-dealkylation sites (N-methyl/N-ethyl adjacent to an activating group) is 1. The summed E-state index contributed by atoms with van der Waals surface area (Å²) in [5.41, 5.74) is 1.96. The smallest absolute Gasteiger partial charge is 0.257 e. The number of nitrogens with zero attached hydrogens (tertiary/aromatic N) is 4. The topological polar surface area (TPSA) is 76.3 Å². The highest BCUT2D eigenvalue weighted by atomic mass is 35.5. The van der Waals surface area contributed by atoms with Crippen LogP contribution in [0.5, 0.6) is 5.75 Å². The van der Waals surface area contributed by atoms with E-state index in [4.69, 9.17) is 9.26 Å². The number of hydrogen-bond acceptors (Lipinski definition) is 7. The van der Waals surface area contributed by atoms with Crippen molar-refractivity contribution in [2.75, 3.05) is 26.7 Å². The van der Waals surface area contributed by atoms with Gasteiger partial charge in [0.1, 0.15) is 12.4 Å². The van der Waals surface area contributed by atoms with Gasteiger partial charge in [-0.05, 0) is 49.0 Å². The summed E-state index contributed by atoms with van der Waals surface area (Å²) < 4.78 is 11.2. The summed E-state index contributed by atoms with van der Waals surface area (Å²) >= 11 is 0. The van der Waals surface area contributed by atoms with Crippen LogP contribution in [0.3, 0.4) is 0 Å². The largest absolute Gasteiger partial charge is 0.489 e. The summed E-state index contributed by atoms with van der Waals surface area (Å²) in [7, 11) is 2.08. The molecule has 2 aromatic heterocycles. The normalized spacial score (nSPS) is 17.3. The van der Waals surface area contributed by atoms with E-state index in [0.717, 1.165) is 36.5 Å². The standard InChI is InChI=1S/C19H21N5O2.ClH/c1-24-11-10-21-12-17(24)18-22-19(26-23-18)15-2-4-16(5-3-15)25-13-14-6-8-20-9-7-14;/h2-9,17,21H,10-13H2,1H3;1H. The zero-order valence-corrected chi connectivity index (χ0v) is 15.9. The van der Waals surface area contributed by atoms with E-state index in [9.17, 15) is 0 Å². The van der Waals surface area contributed by atoms with Crippen molar-refractivity contribution in [1.82, 2.24) is 25.3 Å². The third kappa shape index (κ3) is 4.63. The second-order valence-corrected chi connectivity index (χ2v) is 6.33. The molecule has 4 rings (SSSR count). The first-order chi connectivity index (χ1) is 12.8. The van der Waals surface area contributed by atoms with Gasteiger partial charge in [0.15, 0.2) is 5.82 Å². The number of halogens is 1. The SMILES string of the molecule is CN1CCNCC1c1noc(-c2ccc(OCc3ccncc3)cc2)n1.Cl. The van der Waals surface area contributed by atoms with Crippen LogP contribution < -0.4 is 10.1 Å². The first-order valence-corrected chi connectivity index (χ1v) is 8.66. The maximum atomic E-state index is 5.79. The lowest BCUT2D eigenvalue weighted by Gasteiger charge is -2.30. The van der Waals surface area contributed by atoms with Crippen LogP contribution in [-0.2, 0) is 6.61 Å². The van der Waals surface area contributed by atoms with Crippen LogP contribution in [0.15, 0.2) is 53.3 Å². The fourth-order valence-corrected chi connectivity index (χ4v) is 2.92. The van der Waals surface area contributed by atoms with Gasteiger partial charge in [0, 0.05) is 37.6 Å². The number of piperazine rings is 1. The molecule has 27 heavy (non-hydrogen) atoms. The summed E-state index contributed by atoms with van der Waals surface area (Å²) in [4.78, 5) is 10.8. The van der Waals surface area contributed by atoms with Crippen LogP contribution in [0.25, 0.3) is 11.5 Å². The van der Waals surface area contributed by atoms with Gasteiger partial charge in [-0.25, -0.2) is 0 Å². The molecule has 0 radical (unpaired) electrons. The molecule has 0 amide bonds. The van der Waals surface area contributed by atoms with Gasteiger partial charge in [0.05, 0.1) is 6.04 Å². The van der Waals surface area contributed by atoms with Crippen molar-refractivity contribution in [2.45, 2.75) is 12.6 Å². The lowest BCUT2D eigenvalue weighted by atomic mass is 10.2. The Morgan fingerprint density at radius 2 is 1.96 bits per heavy atom. The van der Waals surface area contributed by atoms with Gasteiger partial charge in [0.25, 0.3) is 5.89 Å². The van der Waals surface area contributed by atoms with Crippen LogP contribution in [0, 0.1) is 0 Å². The van der Waals surface area contributed by atoms with Gasteiger partial charge in [0.2, 0.25) is 0 Å². The molecule has 0 aliphatic carbocycles. The molecule has 0 bridgehead atoms. The van der Waals surface area contributed by atoms with Gasteiger partial charge >= 0.3 is 0 Å². The van der Waals surface area contributed by atoms with Crippen molar-refractivity contribution < 1.29 is 9.26 Å². The van der Waals surface area contributed by atoms with E-state index < -0.39 is 0 Å². The van der Waals surface area contributed by atoms with Gasteiger partial charge in [-0.1, -0.05) is 5.16 Å². The molecule has 0 spiro atoms. The number of hydrogen-bond donors (Lipinski definition) is 1. The first kappa shape index (κ1) is 19.3. The maximum absolute atomic E-state index is 5.79. The summed E-state index contributed by atoms with van der Waals surface area (Å²) in [6.07, 6.45) is 3.52. The van der Waals surface area contributed by atoms with Crippen LogP contribution >= 0.6 is 12.4 Å². The summed E-state index contributed by atoms with van der Waals surface area (Å²) in [5, 5.41) is 7.52. The average Bonchev–Trinajstić information content (AvgIpc) is 3.18. The Hall–Kier alpha value is -2.48.